The van der Waals surface area contributed by atoms with Crippen LogP contribution >= 0.6 is 15.6 Å². The Bertz CT molecular complexity index is 1820. The maximum Gasteiger partial charge on any atom is 0.472 e. The van der Waals surface area contributed by atoms with Gasteiger partial charge >= 0.3 is 39.5 Å². The Hall–Kier alpha value is -1.94. The first-order chi connectivity index (χ1) is 45.4. The fourth-order valence-electron chi connectivity index (χ4n) is 11.5. The Morgan fingerprint density at radius 1 is 0.287 bits per heavy atom. The van der Waals surface area contributed by atoms with Crippen LogP contribution in [0, 0.1) is 11.8 Å². The number of hydrogen-bond acceptors (Lipinski definition) is 15. The van der Waals surface area contributed by atoms with Gasteiger partial charge in [0.05, 0.1) is 26.4 Å². The summed E-state index contributed by atoms with van der Waals surface area (Å²) in [5, 5.41) is 10.6. The van der Waals surface area contributed by atoms with E-state index in [0.717, 1.165) is 115 Å². The molecule has 0 rings (SSSR count). The van der Waals surface area contributed by atoms with Gasteiger partial charge in [0, 0.05) is 25.7 Å². The van der Waals surface area contributed by atoms with Gasteiger partial charge in [-0.3, -0.25) is 37.3 Å². The number of ether oxygens (including phenoxy) is 4. The zero-order valence-corrected chi connectivity index (χ0v) is 63.1. The first-order valence-electron chi connectivity index (χ1n) is 39.0. The van der Waals surface area contributed by atoms with E-state index >= 15 is 0 Å². The molecule has 0 aliphatic carbocycles. The van der Waals surface area contributed by atoms with Crippen molar-refractivity contribution in [3.63, 3.8) is 0 Å². The van der Waals surface area contributed by atoms with Crippen LogP contribution in [0.15, 0.2) is 0 Å². The Balaban J connectivity index is 5.16. The molecule has 0 heterocycles. The van der Waals surface area contributed by atoms with Gasteiger partial charge in [-0.2, -0.15) is 0 Å². The molecule has 0 aliphatic rings. The normalized spacial score (nSPS) is 14.0. The van der Waals surface area contributed by atoms with Gasteiger partial charge in [-0.15, -0.1) is 0 Å². The van der Waals surface area contributed by atoms with E-state index < -0.39 is 97.5 Å². The topological polar surface area (TPSA) is 237 Å². The summed E-state index contributed by atoms with van der Waals surface area (Å²) in [7, 11) is -9.90. The monoisotopic (exact) mass is 1380 g/mol. The molecular formula is C75H146O17P2. The molecule has 558 valence electrons. The van der Waals surface area contributed by atoms with Crippen LogP contribution in [0.4, 0.5) is 0 Å². The number of phosphoric acid groups is 2. The van der Waals surface area contributed by atoms with Gasteiger partial charge in [0.25, 0.3) is 0 Å². The molecular weight excluding hydrogens is 1230 g/mol. The summed E-state index contributed by atoms with van der Waals surface area (Å²) in [4.78, 5) is 72.6. The van der Waals surface area contributed by atoms with Crippen LogP contribution in [0.5, 0.6) is 0 Å². The van der Waals surface area contributed by atoms with Crippen LogP contribution < -0.4 is 0 Å². The number of aliphatic hydroxyl groups excluding tert-OH is 1. The summed E-state index contributed by atoms with van der Waals surface area (Å²) in [5.74, 6) is -0.616. The predicted octanol–water partition coefficient (Wildman–Crippen LogP) is 21.9. The number of carbonyl (C=O) groups is 4. The van der Waals surface area contributed by atoms with Gasteiger partial charge in [0.15, 0.2) is 12.2 Å². The van der Waals surface area contributed by atoms with Gasteiger partial charge in [-0.25, -0.2) is 9.13 Å². The minimum absolute atomic E-state index is 0.105. The van der Waals surface area contributed by atoms with Crippen molar-refractivity contribution in [3.05, 3.63) is 0 Å². The van der Waals surface area contributed by atoms with Gasteiger partial charge in [0.2, 0.25) is 0 Å². The van der Waals surface area contributed by atoms with Gasteiger partial charge < -0.3 is 33.8 Å². The third-order valence-electron chi connectivity index (χ3n) is 17.5. The molecule has 0 aromatic heterocycles. The highest BCUT2D eigenvalue weighted by atomic mass is 31.2. The highest BCUT2D eigenvalue weighted by Crippen LogP contribution is 2.45. The first-order valence-corrected chi connectivity index (χ1v) is 42.0. The van der Waals surface area contributed by atoms with Crippen molar-refractivity contribution in [2.75, 3.05) is 39.6 Å². The van der Waals surface area contributed by atoms with E-state index in [1.54, 1.807) is 0 Å². The molecule has 2 unspecified atom stereocenters. The molecule has 0 aliphatic heterocycles. The molecule has 0 fully saturated rings. The summed E-state index contributed by atoms with van der Waals surface area (Å²) >= 11 is 0. The first kappa shape index (κ1) is 92.1. The Morgan fingerprint density at radius 2 is 0.489 bits per heavy atom. The average molecular weight is 1380 g/mol. The second kappa shape index (κ2) is 66.9. The number of rotatable bonds is 74. The van der Waals surface area contributed by atoms with Crippen molar-refractivity contribution in [3.8, 4) is 0 Å². The SMILES string of the molecule is CCCCCCCCCCCCCCCCCCCCCCCC(=O)O[C@H](COC(=O)CCCCCCCCCCCCCC(C)C)COP(=O)(O)OC[C@@H](O)COP(=O)(O)OC[C@@H](COC(=O)CCCCCCCCC)OC(=O)CCCCCCCCCCCC(C)C. The molecule has 0 spiro atoms. The highest BCUT2D eigenvalue weighted by Gasteiger charge is 2.30. The molecule has 19 heteroatoms. The fraction of sp³-hybridized carbons (Fsp3) is 0.947. The lowest BCUT2D eigenvalue weighted by atomic mass is 10.0. The predicted molar refractivity (Wildman–Crippen MR) is 381 cm³/mol. The molecule has 94 heavy (non-hydrogen) atoms. The zero-order chi connectivity index (χ0) is 69.3. The van der Waals surface area contributed by atoms with Crippen molar-refractivity contribution >= 4 is 39.5 Å². The maximum absolute atomic E-state index is 13.1. The lowest BCUT2D eigenvalue weighted by Crippen LogP contribution is -2.30. The van der Waals surface area contributed by atoms with Crippen LogP contribution in [0.2, 0.25) is 0 Å². The largest absolute Gasteiger partial charge is 0.472 e. The smallest absolute Gasteiger partial charge is 0.462 e. The third-order valence-corrected chi connectivity index (χ3v) is 19.4. The van der Waals surface area contributed by atoms with E-state index in [2.05, 4.69) is 41.5 Å². The fourth-order valence-corrected chi connectivity index (χ4v) is 13.1. The molecule has 0 saturated heterocycles. The van der Waals surface area contributed by atoms with Crippen LogP contribution in [0.25, 0.3) is 0 Å². The van der Waals surface area contributed by atoms with Crippen LogP contribution in [0.1, 0.15) is 388 Å². The lowest BCUT2D eigenvalue weighted by Gasteiger charge is -2.21. The Kier molecular flexibility index (Phi) is 65.5. The van der Waals surface area contributed by atoms with Crippen molar-refractivity contribution < 1.29 is 80.2 Å². The van der Waals surface area contributed by atoms with E-state index in [1.807, 2.05) is 0 Å². The van der Waals surface area contributed by atoms with Crippen molar-refractivity contribution in [1.29, 1.82) is 0 Å². The molecule has 3 N–H and O–H groups in total. The molecule has 0 aromatic carbocycles. The Morgan fingerprint density at radius 3 is 0.723 bits per heavy atom. The van der Waals surface area contributed by atoms with E-state index in [4.69, 9.17) is 37.0 Å². The zero-order valence-electron chi connectivity index (χ0n) is 61.3. The van der Waals surface area contributed by atoms with Gasteiger partial charge in [-0.05, 0) is 37.5 Å². The molecule has 0 aromatic rings. The quantitative estimate of drug-likeness (QED) is 0.0222. The average Bonchev–Trinajstić information content (AvgIpc) is 1.17. The number of hydrogen-bond donors (Lipinski definition) is 3. The Labute approximate surface area is 575 Å². The minimum Gasteiger partial charge on any atom is -0.462 e. The summed E-state index contributed by atoms with van der Waals surface area (Å²) in [6, 6.07) is 0. The number of phosphoric ester groups is 2. The number of esters is 4. The molecule has 0 bridgehead atoms. The van der Waals surface area contributed by atoms with E-state index in [1.165, 1.54) is 193 Å². The number of aliphatic hydroxyl groups is 1. The van der Waals surface area contributed by atoms with Crippen molar-refractivity contribution in [2.24, 2.45) is 11.8 Å². The van der Waals surface area contributed by atoms with Crippen LogP contribution in [-0.4, -0.2) is 96.7 Å². The number of carbonyl (C=O) groups excluding carboxylic acids is 4. The molecule has 0 radical (unpaired) electrons. The number of unbranched alkanes of at least 4 members (excludes halogenated alkanes) is 44. The summed E-state index contributed by atoms with van der Waals surface area (Å²) in [6.07, 6.45) is 54.4. The van der Waals surface area contributed by atoms with Crippen molar-refractivity contribution in [2.45, 2.75) is 407 Å². The van der Waals surface area contributed by atoms with E-state index in [0.29, 0.717) is 25.7 Å². The minimum atomic E-state index is -4.96. The van der Waals surface area contributed by atoms with Crippen LogP contribution in [0.3, 0.4) is 0 Å². The van der Waals surface area contributed by atoms with E-state index in [9.17, 15) is 43.2 Å². The summed E-state index contributed by atoms with van der Waals surface area (Å²) in [6.45, 7) is 9.52. The van der Waals surface area contributed by atoms with Gasteiger partial charge in [-0.1, -0.05) is 337 Å². The summed E-state index contributed by atoms with van der Waals surface area (Å²) < 4.78 is 68.4. The molecule has 0 saturated carbocycles. The molecule has 0 amide bonds. The summed E-state index contributed by atoms with van der Waals surface area (Å²) in [5.41, 5.74) is 0. The third kappa shape index (κ3) is 68.6. The van der Waals surface area contributed by atoms with E-state index in [-0.39, 0.29) is 25.7 Å². The van der Waals surface area contributed by atoms with Crippen molar-refractivity contribution in [1.82, 2.24) is 0 Å². The van der Waals surface area contributed by atoms with Gasteiger partial charge in [0.1, 0.15) is 19.3 Å². The second-order valence-electron chi connectivity index (χ2n) is 28.0. The maximum atomic E-state index is 13.1. The highest BCUT2D eigenvalue weighted by molar-refractivity contribution is 7.47. The molecule has 5 atom stereocenters. The second-order valence-corrected chi connectivity index (χ2v) is 30.9. The van der Waals surface area contributed by atoms with Crippen LogP contribution in [-0.2, 0) is 65.4 Å². The molecule has 17 nitrogen and oxygen atoms in total. The lowest BCUT2D eigenvalue weighted by molar-refractivity contribution is -0.161. The standard InChI is InChI=1S/C75H146O17P2/c1-7-9-11-13-15-16-17-18-19-20-21-22-23-24-25-26-29-35-41-47-53-59-74(79)92-71(64-86-73(78)58-52-46-40-34-30-27-28-32-38-43-49-55-67(3)4)66-90-94(83,84)88-62-69(76)61-87-93(81,82)89-65-70(63-85-72(77)57-51-45-37-14-12-10-8-2)91-75(80)60-54-48-42-36-31-33-39-44-50-56-68(5)6/h67-71,76H,7-66H2,1-6H3,(H,81,82)(H,83,84)/t69-,70+,71+/m0/s1.